The fourth-order valence-corrected chi connectivity index (χ4v) is 1.94. The van der Waals surface area contributed by atoms with E-state index >= 15 is 0 Å². The van der Waals surface area contributed by atoms with Crippen LogP contribution in [0.25, 0.3) is 0 Å². The summed E-state index contributed by atoms with van der Waals surface area (Å²) in [5.41, 5.74) is 0. The van der Waals surface area contributed by atoms with Gasteiger partial charge in [0.15, 0.2) is 0 Å². The molecular weight excluding hydrogens is 168 g/mol. The molecule has 0 spiro atoms. The van der Waals surface area contributed by atoms with E-state index in [-0.39, 0.29) is 0 Å². The third-order valence-electron chi connectivity index (χ3n) is 2.59. The molecule has 1 aliphatic carbocycles. The highest BCUT2D eigenvalue weighted by molar-refractivity contribution is 7.80. The van der Waals surface area contributed by atoms with Crippen molar-refractivity contribution in [1.82, 2.24) is 10.6 Å². The van der Waals surface area contributed by atoms with E-state index < -0.39 is 0 Å². The molecule has 0 bridgehead atoms. The molecule has 1 aliphatic heterocycles. The van der Waals surface area contributed by atoms with Crippen LogP contribution in [0.3, 0.4) is 0 Å². The Labute approximate surface area is 79.1 Å². The SMILES string of the molecule is S=C1CCNC1CCNC1CC1. The first-order valence-corrected chi connectivity index (χ1v) is 5.26. The molecule has 0 aromatic heterocycles. The molecular formula is C9H16N2S. The first-order chi connectivity index (χ1) is 5.86. The van der Waals surface area contributed by atoms with Gasteiger partial charge in [-0.1, -0.05) is 12.2 Å². The average Bonchev–Trinajstić information content (AvgIpc) is 2.78. The number of nitrogens with one attached hydrogen (secondary N) is 2. The smallest absolute Gasteiger partial charge is 0.0396 e. The lowest BCUT2D eigenvalue weighted by Gasteiger charge is -2.10. The van der Waals surface area contributed by atoms with E-state index in [4.69, 9.17) is 12.2 Å². The second-order valence-electron chi connectivity index (χ2n) is 3.74. The Bertz CT molecular complexity index is 177. The van der Waals surface area contributed by atoms with Gasteiger partial charge < -0.3 is 10.6 Å². The van der Waals surface area contributed by atoms with Crippen molar-refractivity contribution in [3.63, 3.8) is 0 Å². The fraction of sp³-hybridized carbons (Fsp3) is 0.889. The summed E-state index contributed by atoms with van der Waals surface area (Å²) in [5, 5.41) is 6.92. The highest BCUT2D eigenvalue weighted by atomic mass is 32.1. The van der Waals surface area contributed by atoms with Crippen LogP contribution in [0.15, 0.2) is 0 Å². The molecule has 0 aromatic carbocycles. The fourth-order valence-electron chi connectivity index (χ4n) is 1.64. The Morgan fingerprint density at radius 1 is 1.50 bits per heavy atom. The van der Waals surface area contributed by atoms with Crippen LogP contribution in [0, 0.1) is 0 Å². The molecule has 1 unspecified atom stereocenters. The molecule has 2 N–H and O–H groups in total. The van der Waals surface area contributed by atoms with E-state index in [9.17, 15) is 0 Å². The maximum absolute atomic E-state index is 5.24. The van der Waals surface area contributed by atoms with Crippen LogP contribution in [-0.4, -0.2) is 30.0 Å². The maximum Gasteiger partial charge on any atom is 0.0396 e. The van der Waals surface area contributed by atoms with Crippen molar-refractivity contribution < 1.29 is 0 Å². The van der Waals surface area contributed by atoms with Crippen LogP contribution in [0.2, 0.25) is 0 Å². The molecule has 0 aromatic rings. The third-order valence-corrected chi connectivity index (χ3v) is 3.08. The largest absolute Gasteiger partial charge is 0.314 e. The standard InChI is InChI=1S/C9H16N2S/c12-9-4-6-11-8(9)3-5-10-7-1-2-7/h7-8,10-11H,1-6H2. The topological polar surface area (TPSA) is 24.1 Å². The van der Waals surface area contributed by atoms with Crippen molar-refractivity contribution in [3.8, 4) is 0 Å². The lowest BCUT2D eigenvalue weighted by atomic mass is 10.1. The van der Waals surface area contributed by atoms with Gasteiger partial charge in [0.05, 0.1) is 0 Å². The molecule has 2 nitrogen and oxygen atoms in total. The van der Waals surface area contributed by atoms with Crippen molar-refractivity contribution in [3.05, 3.63) is 0 Å². The number of thiocarbonyl (C=S) groups is 1. The van der Waals surface area contributed by atoms with Gasteiger partial charge in [-0.2, -0.15) is 0 Å². The molecule has 68 valence electrons. The molecule has 2 fully saturated rings. The summed E-state index contributed by atoms with van der Waals surface area (Å²) in [6.45, 7) is 2.22. The second-order valence-corrected chi connectivity index (χ2v) is 4.26. The third kappa shape index (κ3) is 2.25. The zero-order valence-electron chi connectivity index (χ0n) is 7.31. The minimum Gasteiger partial charge on any atom is -0.314 e. The summed E-state index contributed by atoms with van der Waals surface area (Å²) in [7, 11) is 0. The summed E-state index contributed by atoms with van der Waals surface area (Å²) in [4.78, 5) is 1.23. The molecule has 12 heavy (non-hydrogen) atoms. The second kappa shape index (κ2) is 3.81. The van der Waals surface area contributed by atoms with E-state index in [1.165, 1.54) is 24.1 Å². The van der Waals surface area contributed by atoms with Gasteiger partial charge in [0.1, 0.15) is 0 Å². The van der Waals surface area contributed by atoms with Gasteiger partial charge in [-0.25, -0.2) is 0 Å². The zero-order chi connectivity index (χ0) is 8.39. The van der Waals surface area contributed by atoms with Crippen molar-refractivity contribution >= 4 is 17.1 Å². The zero-order valence-corrected chi connectivity index (χ0v) is 8.12. The molecule has 3 heteroatoms. The van der Waals surface area contributed by atoms with Crippen LogP contribution < -0.4 is 10.6 Å². The van der Waals surface area contributed by atoms with Gasteiger partial charge in [-0.15, -0.1) is 0 Å². The van der Waals surface area contributed by atoms with Gasteiger partial charge in [-0.3, -0.25) is 0 Å². The van der Waals surface area contributed by atoms with Crippen molar-refractivity contribution in [2.45, 2.75) is 37.8 Å². The molecule has 0 amide bonds. The van der Waals surface area contributed by atoms with Gasteiger partial charge in [0.25, 0.3) is 0 Å². The Morgan fingerprint density at radius 2 is 2.33 bits per heavy atom. The molecule has 2 rings (SSSR count). The predicted octanol–water partition coefficient (Wildman–Crippen LogP) is 0.860. The number of hydrogen-bond acceptors (Lipinski definition) is 3. The quantitative estimate of drug-likeness (QED) is 0.634. The molecule has 0 radical (unpaired) electrons. The highest BCUT2D eigenvalue weighted by Crippen LogP contribution is 2.18. The minimum absolute atomic E-state index is 0.520. The van der Waals surface area contributed by atoms with Crippen molar-refractivity contribution in [1.29, 1.82) is 0 Å². The summed E-state index contributed by atoms with van der Waals surface area (Å²) in [5.74, 6) is 0. The van der Waals surface area contributed by atoms with Gasteiger partial charge >= 0.3 is 0 Å². The molecule has 2 aliphatic rings. The molecule has 1 heterocycles. The Balaban J connectivity index is 1.61. The average molecular weight is 184 g/mol. The van der Waals surface area contributed by atoms with Gasteiger partial charge in [0, 0.05) is 23.5 Å². The van der Waals surface area contributed by atoms with E-state index in [1.54, 1.807) is 0 Å². The normalized spacial score (nSPS) is 29.7. The number of hydrogen-bond donors (Lipinski definition) is 2. The lowest BCUT2D eigenvalue weighted by Crippen LogP contribution is -2.31. The maximum atomic E-state index is 5.24. The summed E-state index contributed by atoms with van der Waals surface area (Å²) < 4.78 is 0. The lowest BCUT2D eigenvalue weighted by molar-refractivity contribution is 0.581. The first kappa shape index (κ1) is 8.60. The van der Waals surface area contributed by atoms with Crippen LogP contribution in [-0.2, 0) is 0 Å². The predicted molar refractivity (Wildman–Crippen MR) is 54.6 cm³/mol. The van der Waals surface area contributed by atoms with Gasteiger partial charge in [-0.05, 0) is 32.2 Å². The highest BCUT2D eigenvalue weighted by Gasteiger charge is 2.22. The van der Waals surface area contributed by atoms with E-state index in [1.807, 2.05) is 0 Å². The number of rotatable bonds is 4. The van der Waals surface area contributed by atoms with Crippen molar-refractivity contribution in [2.24, 2.45) is 0 Å². The Morgan fingerprint density at radius 3 is 2.92 bits per heavy atom. The minimum atomic E-state index is 0.520. The summed E-state index contributed by atoms with van der Waals surface area (Å²) >= 11 is 5.24. The van der Waals surface area contributed by atoms with Crippen LogP contribution in [0.4, 0.5) is 0 Å². The Hall–Kier alpha value is 0.0100. The van der Waals surface area contributed by atoms with Crippen LogP contribution in [0.1, 0.15) is 25.7 Å². The van der Waals surface area contributed by atoms with E-state index in [0.29, 0.717) is 6.04 Å². The monoisotopic (exact) mass is 184 g/mol. The molecule has 1 saturated heterocycles. The van der Waals surface area contributed by atoms with Crippen molar-refractivity contribution in [2.75, 3.05) is 13.1 Å². The summed E-state index contributed by atoms with van der Waals surface area (Å²) in [6, 6.07) is 1.35. The van der Waals surface area contributed by atoms with E-state index in [2.05, 4.69) is 10.6 Å². The first-order valence-electron chi connectivity index (χ1n) is 4.86. The van der Waals surface area contributed by atoms with Crippen LogP contribution in [0.5, 0.6) is 0 Å². The van der Waals surface area contributed by atoms with E-state index in [0.717, 1.165) is 25.6 Å². The molecule has 1 atom stereocenters. The van der Waals surface area contributed by atoms with Gasteiger partial charge in [0.2, 0.25) is 0 Å². The van der Waals surface area contributed by atoms with Crippen LogP contribution >= 0.6 is 12.2 Å². The Kier molecular flexibility index (Phi) is 2.73. The summed E-state index contributed by atoms with van der Waals surface area (Å²) in [6.07, 6.45) is 5.03. The molecule has 1 saturated carbocycles.